The highest BCUT2D eigenvalue weighted by molar-refractivity contribution is 5.96. The number of carbonyl (C=O) groups is 3. The summed E-state index contributed by atoms with van der Waals surface area (Å²) in [6.07, 6.45) is 9.57. The van der Waals surface area contributed by atoms with Crippen LogP contribution in [0.25, 0.3) is 0 Å². The summed E-state index contributed by atoms with van der Waals surface area (Å²) in [6.45, 7) is 20.0. The van der Waals surface area contributed by atoms with Crippen molar-refractivity contribution in [3.8, 4) is 0 Å². The highest BCUT2D eigenvalue weighted by atomic mass is 16.1. The van der Waals surface area contributed by atoms with Crippen molar-refractivity contribution < 1.29 is 14.4 Å². The van der Waals surface area contributed by atoms with E-state index in [4.69, 9.17) is 0 Å². The van der Waals surface area contributed by atoms with Gasteiger partial charge in [0.25, 0.3) is 0 Å². The fourth-order valence-corrected chi connectivity index (χ4v) is 7.77. The normalized spacial score (nSPS) is 10.6. The molecule has 0 aliphatic carbocycles. The van der Waals surface area contributed by atoms with E-state index in [2.05, 4.69) is 115 Å². The number of unbranched alkanes of at least 4 members (excludes halogenated alkanes) is 2. The molecule has 0 N–H and O–H groups in total. The van der Waals surface area contributed by atoms with Gasteiger partial charge in [0.15, 0.2) is 17.3 Å². The lowest BCUT2D eigenvalue weighted by Crippen LogP contribution is -2.04. The summed E-state index contributed by atoms with van der Waals surface area (Å²) >= 11 is 0. The van der Waals surface area contributed by atoms with Crippen LogP contribution in [0.5, 0.6) is 0 Å². The van der Waals surface area contributed by atoms with E-state index in [1.165, 1.54) is 86.9 Å². The molecular weight excluding hydrogens is 745 g/mol. The van der Waals surface area contributed by atoms with Crippen LogP contribution in [0.4, 0.5) is 0 Å². The van der Waals surface area contributed by atoms with Gasteiger partial charge in [-0.3, -0.25) is 14.4 Å². The molecule has 0 fully saturated rings. The lowest BCUT2D eigenvalue weighted by atomic mass is 9.91. The minimum absolute atomic E-state index is 0.134. The lowest BCUT2D eigenvalue weighted by Gasteiger charge is -2.13. The molecule has 0 spiro atoms. The minimum atomic E-state index is 0.134. The molecule has 3 nitrogen and oxygen atoms in total. The van der Waals surface area contributed by atoms with Crippen molar-refractivity contribution in [3.05, 3.63) is 210 Å². The minimum Gasteiger partial charge on any atom is -0.295 e. The Bertz CT molecular complexity index is 2410. The molecule has 0 radical (unpaired) electrons. The average Bonchev–Trinajstić information content (AvgIpc) is 3.23. The van der Waals surface area contributed by atoms with Gasteiger partial charge < -0.3 is 0 Å². The maximum absolute atomic E-state index is 12.1. The van der Waals surface area contributed by atoms with Gasteiger partial charge in [0.1, 0.15) is 0 Å². The first kappa shape index (κ1) is 48.0. The Labute approximate surface area is 367 Å². The third-order valence-corrected chi connectivity index (χ3v) is 11.5. The van der Waals surface area contributed by atoms with Crippen molar-refractivity contribution >= 4 is 17.3 Å². The number of Topliss-reactive ketones (excluding diaryl/α,β-unsaturated/α-hetero) is 3. The summed E-state index contributed by atoms with van der Waals surface area (Å²) in [7, 11) is 0. The van der Waals surface area contributed by atoms with E-state index < -0.39 is 0 Å². The zero-order chi connectivity index (χ0) is 44.5. The van der Waals surface area contributed by atoms with Gasteiger partial charge in [-0.15, -0.1) is 0 Å². The van der Waals surface area contributed by atoms with Gasteiger partial charge in [-0.2, -0.15) is 0 Å². The molecule has 0 amide bonds. The van der Waals surface area contributed by atoms with Crippen molar-refractivity contribution in [2.75, 3.05) is 0 Å². The second-order valence-electron chi connectivity index (χ2n) is 16.8. The molecule has 61 heavy (non-hydrogen) atoms. The van der Waals surface area contributed by atoms with Gasteiger partial charge in [-0.05, 0) is 162 Å². The number of aryl methyl sites for hydroxylation is 7. The highest BCUT2D eigenvalue weighted by Crippen LogP contribution is 2.24. The molecule has 318 valence electrons. The standard InChI is InChI=1S/C24H32O.C18H20O.C16H16O/c1-5-7-9-20-12-11-18(3)22(15-20)17-23-16-21(10-8-6-2)13-14-24(23)19(4)25;1-12-5-7-14(3)16(9-12)11-17-10-13(2)6-8-18(17)15(4)19;1-12-7-3-4-8-14(12)11-15-9-5-6-10-16(15)13(2)17/h11-16H,5-10,17H2,1-4H3;5-10H,11H2,1-4H3;3-10H,11H2,1-2H3. The van der Waals surface area contributed by atoms with E-state index in [1.807, 2.05) is 54.6 Å². The first-order chi connectivity index (χ1) is 29.2. The molecule has 0 aliphatic heterocycles. The SMILES string of the molecule is CC(=O)c1ccc(C)cc1Cc1cc(C)ccc1C.CC(=O)c1ccccc1Cc1ccccc1C.CCCCc1ccc(C)c(Cc2cc(CCCC)ccc2C(C)=O)c1. The van der Waals surface area contributed by atoms with Gasteiger partial charge in [-0.1, -0.05) is 159 Å². The maximum Gasteiger partial charge on any atom is 0.160 e. The Morgan fingerprint density at radius 2 is 0.754 bits per heavy atom. The number of carbonyl (C=O) groups excluding carboxylic acids is 3. The molecule has 0 heterocycles. The molecule has 0 aromatic heterocycles. The zero-order valence-electron chi connectivity index (χ0n) is 38.6. The lowest BCUT2D eigenvalue weighted by molar-refractivity contribution is 0.100. The smallest absolute Gasteiger partial charge is 0.160 e. The van der Waals surface area contributed by atoms with Crippen LogP contribution in [0.1, 0.15) is 164 Å². The van der Waals surface area contributed by atoms with Crippen LogP contribution in [-0.4, -0.2) is 17.3 Å². The van der Waals surface area contributed by atoms with E-state index in [9.17, 15) is 14.4 Å². The third-order valence-electron chi connectivity index (χ3n) is 11.5. The number of rotatable bonds is 15. The number of benzene rings is 6. The van der Waals surface area contributed by atoms with Crippen molar-refractivity contribution in [3.63, 3.8) is 0 Å². The average molecular weight is 813 g/mol. The second kappa shape index (κ2) is 23.9. The molecule has 6 aromatic carbocycles. The quantitative estimate of drug-likeness (QED) is 0.0971. The molecule has 0 atom stereocenters. The summed E-state index contributed by atoms with van der Waals surface area (Å²) in [5.41, 5.74) is 19.0. The van der Waals surface area contributed by atoms with Gasteiger partial charge in [-0.25, -0.2) is 0 Å². The first-order valence-electron chi connectivity index (χ1n) is 22.2. The van der Waals surface area contributed by atoms with Crippen LogP contribution in [-0.2, 0) is 32.1 Å². The summed E-state index contributed by atoms with van der Waals surface area (Å²) in [5, 5.41) is 0. The molecule has 0 saturated carbocycles. The van der Waals surface area contributed by atoms with Crippen molar-refractivity contribution in [2.24, 2.45) is 0 Å². The summed E-state index contributed by atoms with van der Waals surface area (Å²) in [6, 6.07) is 41.9. The molecular formula is C58H68O3. The molecule has 6 aromatic rings. The summed E-state index contributed by atoms with van der Waals surface area (Å²) < 4.78 is 0. The Morgan fingerprint density at radius 3 is 1.31 bits per heavy atom. The van der Waals surface area contributed by atoms with Gasteiger partial charge in [0, 0.05) is 16.7 Å². The maximum atomic E-state index is 12.1. The second-order valence-corrected chi connectivity index (χ2v) is 16.8. The van der Waals surface area contributed by atoms with Gasteiger partial charge >= 0.3 is 0 Å². The number of hydrogen-bond donors (Lipinski definition) is 0. The molecule has 0 saturated heterocycles. The molecule has 0 aliphatic rings. The van der Waals surface area contributed by atoms with E-state index >= 15 is 0 Å². The Balaban J connectivity index is 0.000000206. The van der Waals surface area contributed by atoms with Crippen molar-refractivity contribution in [1.82, 2.24) is 0 Å². The van der Waals surface area contributed by atoms with Crippen LogP contribution < -0.4 is 0 Å². The van der Waals surface area contributed by atoms with Crippen LogP contribution in [0, 0.1) is 34.6 Å². The summed E-state index contributed by atoms with van der Waals surface area (Å²) in [5.74, 6) is 0.436. The van der Waals surface area contributed by atoms with Gasteiger partial charge in [0.05, 0.1) is 0 Å². The Kier molecular flexibility index (Phi) is 18.8. The van der Waals surface area contributed by atoms with Gasteiger partial charge in [0.2, 0.25) is 0 Å². The van der Waals surface area contributed by atoms with E-state index in [0.717, 1.165) is 59.9 Å². The highest BCUT2D eigenvalue weighted by Gasteiger charge is 2.13. The molecule has 0 bridgehead atoms. The van der Waals surface area contributed by atoms with E-state index in [0.29, 0.717) is 0 Å². The fraction of sp³-hybridized carbons (Fsp3) is 0.328. The topological polar surface area (TPSA) is 51.2 Å². The predicted octanol–water partition coefficient (Wildman–Crippen LogP) is 14.7. The van der Waals surface area contributed by atoms with E-state index in [-0.39, 0.29) is 17.3 Å². The third kappa shape index (κ3) is 14.8. The largest absolute Gasteiger partial charge is 0.295 e. The van der Waals surface area contributed by atoms with Crippen molar-refractivity contribution in [2.45, 2.75) is 127 Å². The number of ketones is 3. The summed E-state index contributed by atoms with van der Waals surface area (Å²) in [4.78, 5) is 35.3. The zero-order valence-corrected chi connectivity index (χ0v) is 38.6. The molecule has 3 heteroatoms. The Hall–Kier alpha value is -5.67. The van der Waals surface area contributed by atoms with E-state index in [1.54, 1.807) is 20.8 Å². The van der Waals surface area contributed by atoms with Crippen molar-refractivity contribution in [1.29, 1.82) is 0 Å². The van der Waals surface area contributed by atoms with Crippen LogP contribution in [0.2, 0.25) is 0 Å². The molecule has 0 unspecified atom stereocenters. The van der Waals surface area contributed by atoms with Crippen LogP contribution in [0.3, 0.4) is 0 Å². The molecule has 6 rings (SSSR count). The van der Waals surface area contributed by atoms with Crippen LogP contribution in [0.15, 0.2) is 121 Å². The first-order valence-corrected chi connectivity index (χ1v) is 22.2. The number of hydrogen-bond acceptors (Lipinski definition) is 3. The Morgan fingerprint density at radius 1 is 0.377 bits per heavy atom. The fourth-order valence-electron chi connectivity index (χ4n) is 7.77. The monoisotopic (exact) mass is 813 g/mol. The van der Waals surface area contributed by atoms with Crippen LogP contribution >= 0.6 is 0 Å². The predicted molar refractivity (Wildman–Crippen MR) is 258 cm³/mol.